The van der Waals surface area contributed by atoms with E-state index in [1.165, 1.54) is 18.5 Å². The van der Waals surface area contributed by atoms with Crippen LogP contribution in [0.1, 0.15) is 30.9 Å². The van der Waals surface area contributed by atoms with Gasteiger partial charge in [-0.15, -0.1) is 0 Å². The first-order valence-corrected chi connectivity index (χ1v) is 9.97. The molecule has 0 radical (unpaired) electrons. The summed E-state index contributed by atoms with van der Waals surface area (Å²) in [6.45, 7) is 2.25. The second-order valence-corrected chi connectivity index (χ2v) is 7.94. The Labute approximate surface area is 164 Å². The number of aromatic nitrogens is 2. The molecule has 6 rings (SSSR count). The Balaban J connectivity index is 1.20. The summed E-state index contributed by atoms with van der Waals surface area (Å²) in [6, 6.07) is 10.5. The van der Waals surface area contributed by atoms with Gasteiger partial charge in [0.2, 0.25) is 5.91 Å². The monoisotopic (exact) mass is 379 g/mol. The van der Waals surface area contributed by atoms with Gasteiger partial charge in [0.05, 0.1) is 19.3 Å². The van der Waals surface area contributed by atoms with Gasteiger partial charge in [-0.05, 0) is 31.4 Å². The topological polar surface area (TPSA) is 70.6 Å². The summed E-state index contributed by atoms with van der Waals surface area (Å²) in [6.07, 6.45) is 5.34. The van der Waals surface area contributed by atoms with Crippen LogP contribution in [0.25, 0.3) is 0 Å². The van der Waals surface area contributed by atoms with E-state index >= 15 is 0 Å². The van der Waals surface area contributed by atoms with Crippen LogP contribution in [0.5, 0.6) is 5.75 Å². The van der Waals surface area contributed by atoms with Crippen molar-refractivity contribution in [3.05, 3.63) is 42.4 Å². The number of piperidine rings is 1. The van der Waals surface area contributed by atoms with Crippen molar-refractivity contribution in [3.8, 4) is 5.75 Å². The standard InChI is InChI=1S/C21H25N5O2/c1-28-19-5-3-2-4-17(19)24-21(27)12-26-15-8-16(26)11-25(10-15)20-9-18(14-6-7-14)22-13-23-20/h2-5,9,13-16H,6-8,10-12H2,1H3,(H,24,27). The molecule has 4 aliphatic rings. The van der Waals surface area contributed by atoms with Crippen LogP contribution in [-0.4, -0.2) is 59.6 Å². The zero-order chi connectivity index (χ0) is 19.1. The van der Waals surface area contributed by atoms with E-state index in [-0.39, 0.29) is 5.91 Å². The number of fused-ring (bicyclic) bond motifs is 2. The Morgan fingerprint density at radius 3 is 2.75 bits per heavy atom. The summed E-state index contributed by atoms with van der Waals surface area (Å²) in [5.74, 6) is 2.35. The SMILES string of the molecule is COc1ccccc1NC(=O)CN1C2CC1CN(c1cc(C3CC3)ncn1)C2. The lowest BCUT2D eigenvalue weighted by molar-refractivity contribution is -0.121. The maximum absolute atomic E-state index is 12.6. The Bertz CT molecular complexity index is 873. The van der Waals surface area contributed by atoms with Gasteiger partial charge in [0, 0.05) is 42.9 Å². The number of methoxy groups -OCH3 is 1. The number of carbonyl (C=O) groups excluding carboxylic acids is 1. The van der Waals surface area contributed by atoms with Crippen LogP contribution in [0.3, 0.4) is 0 Å². The molecule has 1 saturated carbocycles. The largest absolute Gasteiger partial charge is 0.495 e. The molecule has 2 bridgehead atoms. The molecule has 146 valence electrons. The summed E-state index contributed by atoms with van der Waals surface area (Å²) in [5, 5.41) is 2.98. The Hall–Kier alpha value is -2.67. The molecule has 3 aliphatic heterocycles. The molecule has 7 nitrogen and oxygen atoms in total. The van der Waals surface area contributed by atoms with Crippen molar-refractivity contribution >= 4 is 17.4 Å². The first kappa shape index (κ1) is 17.4. The van der Waals surface area contributed by atoms with E-state index in [4.69, 9.17) is 4.74 Å². The van der Waals surface area contributed by atoms with Gasteiger partial charge in [0.15, 0.2) is 0 Å². The van der Waals surface area contributed by atoms with E-state index in [0.29, 0.717) is 30.3 Å². The molecule has 4 heterocycles. The molecule has 1 amide bonds. The summed E-state index contributed by atoms with van der Waals surface area (Å²) in [7, 11) is 1.61. The third-order valence-corrected chi connectivity index (χ3v) is 6.05. The summed E-state index contributed by atoms with van der Waals surface area (Å²) in [5.41, 5.74) is 1.90. The fourth-order valence-corrected chi connectivity index (χ4v) is 4.37. The molecule has 0 spiro atoms. The lowest BCUT2D eigenvalue weighted by Crippen LogP contribution is -2.69. The fourth-order valence-electron chi connectivity index (χ4n) is 4.37. The van der Waals surface area contributed by atoms with Crippen molar-refractivity contribution in [1.29, 1.82) is 0 Å². The van der Waals surface area contributed by atoms with Crippen LogP contribution < -0.4 is 15.0 Å². The Morgan fingerprint density at radius 2 is 2.00 bits per heavy atom. The maximum atomic E-state index is 12.6. The summed E-state index contributed by atoms with van der Waals surface area (Å²) in [4.78, 5) is 26.1. The molecular formula is C21H25N5O2. The molecule has 4 fully saturated rings. The molecule has 1 aromatic carbocycles. The molecule has 2 atom stereocenters. The second kappa shape index (κ2) is 7.05. The first-order chi connectivity index (χ1) is 13.7. The molecule has 1 N–H and O–H groups in total. The van der Waals surface area contributed by atoms with E-state index in [2.05, 4.69) is 31.2 Å². The minimum absolute atomic E-state index is 0.00528. The number of rotatable bonds is 6. The first-order valence-electron chi connectivity index (χ1n) is 9.97. The minimum atomic E-state index is 0.00528. The zero-order valence-corrected chi connectivity index (χ0v) is 16.0. The van der Waals surface area contributed by atoms with Crippen molar-refractivity contribution in [2.24, 2.45) is 0 Å². The highest BCUT2D eigenvalue weighted by atomic mass is 16.5. The van der Waals surface area contributed by atoms with Gasteiger partial charge in [0.1, 0.15) is 17.9 Å². The van der Waals surface area contributed by atoms with Crippen LogP contribution >= 0.6 is 0 Å². The maximum Gasteiger partial charge on any atom is 0.238 e. The number of hydrogen-bond donors (Lipinski definition) is 1. The smallest absolute Gasteiger partial charge is 0.238 e. The van der Waals surface area contributed by atoms with Gasteiger partial charge in [-0.25, -0.2) is 9.97 Å². The zero-order valence-electron chi connectivity index (χ0n) is 16.0. The fraction of sp³-hybridized carbons (Fsp3) is 0.476. The van der Waals surface area contributed by atoms with E-state index in [0.717, 1.165) is 31.0 Å². The molecule has 3 saturated heterocycles. The van der Waals surface area contributed by atoms with Crippen molar-refractivity contribution in [2.75, 3.05) is 37.0 Å². The molecule has 28 heavy (non-hydrogen) atoms. The van der Waals surface area contributed by atoms with Gasteiger partial charge in [-0.2, -0.15) is 0 Å². The number of amides is 1. The van der Waals surface area contributed by atoms with E-state index in [1.807, 2.05) is 24.3 Å². The lowest BCUT2D eigenvalue weighted by atomic mass is 9.87. The minimum Gasteiger partial charge on any atom is -0.495 e. The summed E-state index contributed by atoms with van der Waals surface area (Å²) >= 11 is 0. The number of nitrogens with one attached hydrogen (secondary N) is 1. The number of para-hydroxylation sites is 2. The normalized spacial score (nSPS) is 23.8. The van der Waals surface area contributed by atoms with Crippen LogP contribution in [-0.2, 0) is 4.79 Å². The van der Waals surface area contributed by atoms with Crippen molar-refractivity contribution in [2.45, 2.75) is 37.3 Å². The number of benzene rings is 1. The van der Waals surface area contributed by atoms with Crippen molar-refractivity contribution in [1.82, 2.24) is 14.9 Å². The highest BCUT2D eigenvalue weighted by molar-refractivity contribution is 5.93. The number of ether oxygens (including phenoxy) is 1. The number of piperazine rings is 1. The molecule has 2 aromatic rings. The summed E-state index contributed by atoms with van der Waals surface area (Å²) < 4.78 is 5.31. The van der Waals surface area contributed by atoms with Crippen LogP contribution in [0.2, 0.25) is 0 Å². The molecule has 1 aromatic heterocycles. The van der Waals surface area contributed by atoms with Gasteiger partial charge < -0.3 is 15.0 Å². The highest BCUT2D eigenvalue weighted by Crippen LogP contribution is 2.40. The molecular weight excluding hydrogens is 354 g/mol. The number of anilines is 2. The Kier molecular flexibility index (Phi) is 4.39. The van der Waals surface area contributed by atoms with Crippen molar-refractivity contribution in [3.63, 3.8) is 0 Å². The average molecular weight is 379 g/mol. The van der Waals surface area contributed by atoms with Crippen molar-refractivity contribution < 1.29 is 9.53 Å². The quantitative estimate of drug-likeness (QED) is 0.830. The molecule has 7 heteroatoms. The lowest BCUT2D eigenvalue weighted by Gasteiger charge is -2.56. The third kappa shape index (κ3) is 3.30. The number of carbonyl (C=O) groups is 1. The van der Waals surface area contributed by atoms with Crippen LogP contribution in [0.15, 0.2) is 36.7 Å². The predicted octanol–water partition coefficient (Wildman–Crippen LogP) is 2.26. The van der Waals surface area contributed by atoms with E-state index < -0.39 is 0 Å². The average Bonchev–Trinajstić information content (AvgIpc) is 3.58. The third-order valence-electron chi connectivity index (χ3n) is 6.05. The van der Waals surface area contributed by atoms with E-state index in [9.17, 15) is 4.79 Å². The highest BCUT2D eigenvalue weighted by Gasteiger charge is 2.45. The van der Waals surface area contributed by atoms with Crippen LogP contribution in [0, 0.1) is 0 Å². The molecule has 2 unspecified atom stereocenters. The number of nitrogens with zero attached hydrogens (tertiary/aromatic N) is 4. The van der Waals surface area contributed by atoms with E-state index in [1.54, 1.807) is 13.4 Å². The molecule has 1 aliphatic carbocycles. The van der Waals surface area contributed by atoms with Gasteiger partial charge in [-0.3, -0.25) is 9.69 Å². The van der Waals surface area contributed by atoms with Gasteiger partial charge >= 0.3 is 0 Å². The second-order valence-electron chi connectivity index (χ2n) is 7.94. The number of hydrogen-bond acceptors (Lipinski definition) is 6. The van der Waals surface area contributed by atoms with Crippen LogP contribution in [0.4, 0.5) is 11.5 Å². The van der Waals surface area contributed by atoms with Gasteiger partial charge in [-0.1, -0.05) is 12.1 Å². The van der Waals surface area contributed by atoms with Gasteiger partial charge in [0.25, 0.3) is 0 Å². The predicted molar refractivity (Wildman–Crippen MR) is 107 cm³/mol. The Morgan fingerprint density at radius 1 is 1.21 bits per heavy atom.